The SMILES string of the molecule is O=C(CCC(=O)N1CCC(c2nc3ccccc3o2)CC1)c1cccs1. The Hall–Kier alpha value is -2.47. The number of piperidine rings is 1. The molecule has 0 N–H and O–H groups in total. The number of rotatable bonds is 5. The average molecular weight is 368 g/mol. The van der Waals surface area contributed by atoms with Gasteiger partial charge in [0.15, 0.2) is 17.3 Å². The normalized spacial score (nSPS) is 15.5. The standard InChI is InChI=1S/C20H20N2O3S/c23-16(18-6-3-13-26-18)7-8-19(24)22-11-9-14(10-12-22)20-21-15-4-1-2-5-17(15)25-20/h1-6,13-14H,7-12H2. The van der Waals surface area contributed by atoms with Crippen LogP contribution in [0.5, 0.6) is 0 Å². The van der Waals surface area contributed by atoms with Crippen LogP contribution in [0.1, 0.15) is 47.2 Å². The number of likely N-dealkylation sites (tertiary alicyclic amines) is 1. The van der Waals surface area contributed by atoms with Crippen molar-refractivity contribution >= 4 is 34.1 Å². The number of hydrogen-bond donors (Lipinski definition) is 0. The molecule has 0 spiro atoms. The first-order chi connectivity index (χ1) is 12.7. The molecule has 4 rings (SSSR count). The molecule has 0 unspecified atom stereocenters. The van der Waals surface area contributed by atoms with E-state index in [9.17, 15) is 9.59 Å². The summed E-state index contributed by atoms with van der Waals surface area (Å²) in [6.07, 6.45) is 2.25. The highest BCUT2D eigenvalue weighted by Crippen LogP contribution is 2.30. The second-order valence-corrected chi connectivity index (χ2v) is 7.52. The van der Waals surface area contributed by atoms with Crippen LogP contribution in [0.25, 0.3) is 11.1 Å². The molecule has 0 saturated carbocycles. The van der Waals surface area contributed by atoms with E-state index in [-0.39, 0.29) is 30.4 Å². The smallest absolute Gasteiger partial charge is 0.223 e. The van der Waals surface area contributed by atoms with E-state index in [1.165, 1.54) is 11.3 Å². The molecule has 1 saturated heterocycles. The van der Waals surface area contributed by atoms with Crippen molar-refractivity contribution in [3.8, 4) is 0 Å². The zero-order chi connectivity index (χ0) is 17.9. The van der Waals surface area contributed by atoms with Gasteiger partial charge in [-0.2, -0.15) is 0 Å². The molecule has 0 bridgehead atoms. The molecule has 134 valence electrons. The van der Waals surface area contributed by atoms with E-state index < -0.39 is 0 Å². The second kappa shape index (κ2) is 7.41. The first-order valence-corrected chi connectivity index (χ1v) is 9.78. The Morgan fingerprint density at radius 1 is 1.12 bits per heavy atom. The van der Waals surface area contributed by atoms with Gasteiger partial charge in [0.2, 0.25) is 5.91 Å². The molecule has 0 atom stereocenters. The minimum atomic E-state index is 0.0507. The van der Waals surface area contributed by atoms with Crippen molar-refractivity contribution in [2.45, 2.75) is 31.6 Å². The Morgan fingerprint density at radius 3 is 2.65 bits per heavy atom. The molecule has 0 radical (unpaired) electrons. The summed E-state index contributed by atoms with van der Waals surface area (Å²) < 4.78 is 5.87. The summed E-state index contributed by atoms with van der Waals surface area (Å²) in [5.74, 6) is 1.13. The molecule has 0 aliphatic carbocycles. The Bertz CT molecular complexity index is 875. The van der Waals surface area contributed by atoms with E-state index in [4.69, 9.17) is 4.42 Å². The number of para-hydroxylation sites is 2. The summed E-state index contributed by atoms with van der Waals surface area (Å²) in [6.45, 7) is 1.38. The van der Waals surface area contributed by atoms with Gasteiger partial charge in [-0.25, -0.2) is 4.98 Å². The predicted octanol–water partition coefficient (Wildman–Crippen LogP) is 4.26. The van der Waals surface area contributed by atoms with E-state index in [0.717, 1.165) is 34.7 Å². The number of carbonyl (C=O) groups excluding carboxylic acids is 2. The number of amides is 1. The number of nitrogens with zero attached hydrogens (tertiary/aromatic N) is 2. The van der Waals surface area contributed by atoms with Crippen molar-refractivity contribution in [1.82, 2.24) is 9.88 Å². The monoisotopic (exact) mass is 368 g/mol. The molecule has 1 aromatic carbocycles. The van der Waals surface area contributed by atoms with Crippen molar-refractivity contribution in [2.75, 3.05) is 13.1 Å². The van der Waals surface area contributed by atoms with Gasteiger partial charge in [-0.15, -0.1) is 11.3 Å². The zero-order valence-corrected chi connectivity index (χ0v) is 15.2. The van der Waals surface area contributed by atoms with Gasteiger partial charge >= 0.3 is 0 Å². The van der Waals surface area contributed by atoms with Crippen LogP contribution in [0.4, 0.5) is 0 Å². The molecule has 3 aromatic rings. The number of ketones is 1. The lowest BCUT2D eigenvalue weighted by molar-refractivity contribution is -0.132. The highest BCUT2D eigenvalue weighted by molar-refractivity contribution is 7.12. The summed E-state index contributed by atoms with van der Waals surface area (Å²) in [5.41, 5.74) is 1.70. The van der Waals surface area contributed by atoms with Gasteiger partial charge in [-0.1, -0.05) is 18.2 Å². The number of oxazole rings is 1. The van der Waals surface area contributed by atoms with Crippen LogP contribution < -0.4 is 0 Å². The minimum Gasteiger partial charge on any atom is -0.440 e. The number of Topliss-reactive ketones (excluding diaryl/α,β-unsaturated/α-hetero) is 1. The molecule has 1 amide bonds. The van der Waals surface area contributed by atoms with Gasteiger partial charge in [-0.3, -0.25) is 9.59 Å². The molecule has 1 aliphatic rings. The maximum absolute atomic E-state index is 12.4. The Labute approximate surface area is 155 Å². The van der Waals surface area contributed by atoms with E-state index in [1.54, 1.807) is 0 Å². The van der Waals surface area contributed by atoms with Crippen molar-refractivity contribution in [1.29, 1.82) is 0 Å². The number of benzene rings is 1. The highest BCUT2D eigenvalue weighted by atomic mass is 32.1. The van der Waals surface area contributed by atoms with Gasteiger partial charge in [0.25, 0.3) is 0 Å². The maximum atomic E-state index is 12.4. The molecule has 26 heavy (non-hydrogen) atoms. The molecule has 1 aliphatic heterocycles. The predicted molar refractivity (Wildman–Crippen MR) is 100 cm³/mol. The largest absolute Gasteiger partial charge is 0.440 e. The number of carbonyl (C=O) groups is 2. The van der Waals surface area contributed by atoms with Gasteiger partial charge in [0.05, 0.1) is 4.88 Å². The molecule has 3 heterocycles. The van der Waals surface area contributed by atoms with Gasteiger partial charge < -0.3 is 9.32 Å². The first kappa shape index (κ1) is 17.0. The van der Waals surface area contributed by atoms with Crippen molar-refractivity contribution in [3.63, 3.8) is 0 Å². The lowest BCUT2D eigenvalue weighted by Gasteiger charge is -2.30. The van der Waals surface area contributed by atoms with E-state index in [2.05, 4.69) is 4.98 Å². The van der Waals surface area contributed by atoms with Crippen molar-refractivity contribution < 1.29 is 14.0 Å². The lowest BCUT2D eigenvalue weighted by atomic mass is 9.96. The number of aromatic nitrogens is 1. The van der Waals surface area contributed by atoms with Crippen LogP contribution >= 0.6 is 11.3 Å². The summed E-state index contributed by atoms with van der Waals surface area (Å²) >= 11 is 1.43. The molecule has 1 fully saturated rings. The quantitative estimate of drug-likeness (QED) is 0.631. The average Bonchev–Trinajstić information content (AvgIpc) is 3.35. The lowest BCUT2D eigenvalue weighted by Crippen LogP contribution is -2.38. The fraction of sp³-hybridized carbons (Fsp3) is 0.350. The Kier molecular flexibility index (Phi) is 4.84. The van der Waals surface area contributed by atoms with Crippen LogP contribution in [0.3, 0.4) is 0 Å². The molecular weight excluding hydrogens is 348 g/mol. The fourth-order valence-electron chi connectivity index (χ4n) is 3.38. The number of fused-ring (bicyclic) bond motifs is 1. The molecular formula is C20H20N2O3S. The van der Waals surface area contributed by atoms with Crippen molar-refractivity contribution in [3.05, 3.63) is 52.5 Å². The number of hydrogen-bond acceptors (Lipinski definition) is 5. The summed E-state index contributed by atoms with van der Waals surface area (Å²) in [5, 5.41) is 1.88. The van der Waals surface area contributed by atoms with Crippen LogP contribution in [0, 0.1) is 0 Å². The van der Waals surface area contributed by atoms with E-state index >= 15 is 0 Å². The molecule has 6 heteroatoms. The zero-order valence-electron chi connectivity index (χ0n) is 14.4. The Balaban J connectivity index is 1.30. The van der Waals surface area contributed by atoms with Crippen LogP contribution in [0.15, 0.2) is 46.2 Å². The topological polar surface area (TPSA) is 63.4 Å². The van der Waals surface area contributed by atoms with Gasteiger partial charge in [0.1, 0.15) is 5.52 Å². The summed E-state index contributed by atoms with van der Waals surface area (Å²) in [6, 6.07) is 11.4. The fourth-order valence-corrected chi connectivity index (χ4v) is 4.07. The number of thiophene rings is 1. The third-order valence-electron chi connectivity index (χ3n) is 4.87. The first-order valence-electron chi connectivity index (χ1n) is 8.90. The third kappa shape index (κ3) is 3.55. The Morgan fingerprint density at radius 2 is 1.92 bits per heavy atom. The van der Waals surface area contributed by atoms with Crippen LogP contribution in [-0.2, 0) is 4.79 Å². The van der Waals surface area contributed by atoms with Gasteiger partial charge in [-0.05, 0) is 36.4 Å². The van der Waals surface area contributed by atoms with E-state index in [0.29, 0.717) is 13.1 Å². The van der Waals surface area contributed by atoms with Crippen LogP contribution in [0.2, 0.25) is 0 Å². The highest BCUT2D eigenvalue weighted by Gasteiger charge is 2.27. The summed E-state index contributed by atoms with van der Waals surface area (Å²) in [7, 11) is 0. The summed E-state index contributed by atoms with van der Waals surface area (Å²) in [4.78, 5) is 31.6. The van der Waals surface area contributed by atoms with E-state index in [1.807, 2.05) is 46.7 Å². The van der Waals surface area contributed by atoms with Crippen LogP contribution in [-0.4, -0.2) is 34.7 Å². The third-order valence-corrected chi connectivity index (χ3v) is 5.78. The second-order valence-electron chi connectivity index (χ2n) is 6.58. The van der Waals surface area contributed by atoms with Gasteiger partial charge in [0, 0.05) is 31.8 Å². The maximum Gasteiger partial charge on any atom is 0.223 e. The molecule has 5 nitrogen and oxygen atoms in total. The molecule has 2 aromatic heterocycles. The van der Waals surface area contributed by atoms with Crippen molar-refractivity contribution in [2.24, 2.45) is 0 Å². The minimum absolute atomic E-state index is 0.0507.